The monoisotopic (exact) mass is 326 g/mol. The number of nitrogens with zero attached hydrogens (tertiary/aromatic N) is 3. The molecule has 0 saturated carbocycles. The summed E-state index contributed by atoms with van der Waals surface area (Å²) in [6.07, 6.45) is 1.73. The van der Waals surface area contributed by atoms with Crippen LogP contribution in [-0.2, 0) is 0 Å². The first-order valence-electron chi connectivity index (χ1n) is 7.98. The van der Waals surface area contributed by atoms with E-state index in [2.05, 4.69) is 36.5 Å². The third kappa shape index (κ3) is 2.31. The molecule has 5 aromatic rings. The molecular formula is C19H14N6. The minimum absolute atomic E-state index is 0.698. The van der Waals surface area contributed by atoms with E-state index >= 15 is 0 Å². The summed E-state index contributed by atoms with van der Waals surface area (Å²) in [7, 11) is 0. The summed E-state index contributed by atoms with van der Waals surface area (Å²) in [6.45, 7) is 0. The molecule has 0 spiro atoms. The number of hydrogen-bond acceptors (Lipinski definition) is 3. The number of benzene rings is 2. The summed E-state index contributed by atoms with van der Waals surface area (Å²) < 4.78 is 0. The quantitative estimate of drug-likeness (QED) is 0.378. The van der Waals surface area contributed by atoms with Crippen molar-refractivity contribution in [2.75, 3.05) is 0 Å². The number of aromatic amines is 3. The molecule has 0 aliphatic heterocycles. The summed E-state index contributed by atoms with van der Waals surface area (Å²) in [5, 5.41) is 18.1. The molecule has 120 valence electrons. The largest absolute Gasteiger partial charge is 0.338 e. The highest BCUT2D eigenvalue weighted by Gasteiger charge is 2.14. The predicted molar refractivity (Wildman–Crippen MR) is 98.4 cm³/mol. The average Bonchev–Trinajstić information content (AvgIpc) is 3.36. The van der Waals surface area contributed by atoms with Crippen LogP contribution in [0.1, 0.15) is 0 Å². The molecule has 0 aliphatic rings. The van der Waals surface area contributed by atoms with Crippen molar-refractivity contribution in [1.29, 1.82) is 0 Å². The molecule has 0 bridgehead atoms. The minimum Gasteiger partial charge on any atom is -0.338 e. The van der Waals surface area contributed by atoms with E-state index in [4.69, 9.17) is 0 Å². The van der Waals surface area contributed by atoms with Crippen molar-refractivity contribution in [1.82, 2.24) is 20.2 Å². The molecule has 0 unspecified atom stereocenters. The van der Waals surface area contributed by atoms with Crippen molar-refractivity contribution in [2.24, 2.45) is 10.2 Å². The van der Waals surface area contributed by atoms with Crippen LogP contribution in [0.5, 0.6) is 0 Å². The highest BCUT2D eigenvalue weighted by atomic mass is 15.2. The number of rotatable bonds is 3. The van der Waals surface area contributed by atoms with Crippen molar-refractivity contribution in [3.8, 4) is 11.3 Å². The van der Waals surface area contributed by atoms with Crippen LogP contribution in [0.4, 0.5) is 11.6 Å². The molecule has 2 aromatic carbocycles. The zero-order chi connectivity index (χ0) is 16.6. The fourth-order valence-corrected chi connectivity index (χ4v) is 3.09. The molecule has 25 heavy (non-hydrogen) atoms. The van der Waals surface area contributed by atoms with E-state index in [0.717, 1.165) is 38.9 Å². The second-order valence-electron chi connectivity index (χ2n) is 5.81. The van der Waals surface area contributed by atoms with Gasteiger partial charge < -0.3 is 9.97 Å². The lowest BCUT2D eigenvalue weighted by Gasteiger charge is -1.96. The Hall–Kier alpha value is -3.67. The third-order valence-electron chi connectivity index (χ3n) is 4.23. The first-order chi connectivity index (χ1) is 12.4. The van der Waals surface area contributed by atoms with E-state index in [1.807, 2.05) is 54.6 Å². The van der Waals surface area contributed by atoms with Crippen molar-refractivity contribution >= 4 is 33.4 Å². The van der Waals surface area contributed by atoms with Crippen LogP contribution in [0.2, 0.25) is 0 Å². The molecule has 0 radical (unpaired) electrons. The van der Waals surface area contributed by atoms with Crippen LogP contribution in [0.3, 0.4) is 0 Å². The highest BCUT2D eigenvalue weighted by molar-refractivity contribution is 6.00. The van der Waals surface area contributed by atoms with Crippen molar-refractivity contribution in [3.63, 3.8) is 0 Å². The van der Waals surface area contributed by atoms with Gasteiger partial charge in [0.15, 0.2) is 11.6 Å². The fraction of sp³-hybridized carbons (Fsp3) is 0. The molecule has 3 heterocycles. The molecule has 0 atom stereocenters. The number of aromatic nitrogens is 4. The Labute approximate surface area is 142 Å². The number of para-hydroxylation sites is 2. The molecule has 0 amide bonds. The van der Waals surface area contributed by atoms with Gasteiger partial charge in [-0.05, 0) is 24.3 Å². The van der Waals surface area contributed by atoms with Gasteiger partial charge in [0.25, 0.3) is 0 Å². The standard InChI is InChI=1S/C19H14N6/c1-3-7-14-12(5-1)11-17(21-14)24-25-19-18(16-9-10-20-23-16)13-6-2-4-8-15(13)22-19/h1-11,21-22H,(H,20,23). The van der Waals surface area contributed by atoms with E-state index in [1.54, 1.807) is 6.20 Å². The lowest BCUT2D eigenvalue weighted by molar-refractivity contribution is 1.09. The fourth-order valence-electron chi connectivity index (χ4n) is 3.09. The summed E-state index contributed by atoms with van der Waals surface area (Å²) in [5.41, 5.74) is 3.93. The maximum absolute atomic E-state index is 4.46. The number of fused-ring (bicyclic) bond motifs is 2. The van der Waals surface area contributed by atoms with Gasteiger partial charge in [0.2, 0.25) is 0 Å². The summed E-state index contributed by atoms with van der Waals surface area (Å²) in [6, 6.07) is 20.1. The van der Waals surface area contributed by atoms with Gasteiger partial charge in [-0.2, -0.15) is 5.10 Å². The van der Waals surface area contributed by atoms with E-state index in [9.17, 15) is 0 Å². The van der Waals surface area contributed by atoms with Gasteiger partial charge in [0.05, 0.1) is 11.3 Å². The second kappa shape index (κ2) is 5.45. The Bertz CT molecular complexity index is 1160. The number of H-pyrrole nitrogens is 3. The molecule has 0 aliphatic carbocycles. The van der Waals surface area contributed by atoms with Gasteiger partial charge in [0.1, 0.15) is 0 Å². The Morgan fingerprint density at radius 2 is 1.64 bits per heavy atom. The van der Waals surface area contributed by atoms with Crippen molar-refractivity contribution < 1.29 is 0 Å². The Balaban J connectivity index is 1.63. The first-order valence-corrected chi connectivity index (χ1v) is 7.98. The maximum Gasteiger partial charge on any atom is 0.163 e. The summed E-state index contributed by atoms with van der Waals surface area (Å²) >= 11 is 0. The third-order valence-corrected chi connectivity index (χ3v) is 4.23. The molecule has 6 heteroatoms. The van der Waals surface area contributed by atoms with Crippen LogP contribution in [-0.4, -0.2) is 20.2 Å². The number of nitrogens with one attached hydrogen (secondary N) is 3. The van der Waals surface area contributed by atoms with Gasteiger partial charge in [0, 0.05) is 28.0 Å². The summed E-state index contributed by atoms with van der Waals surface area (Å²) in [5.74, 6) is 1.42. The van der Waals surface area contributed by atoms with E-state index < -0.39 is 0 Å². The van der Waals surface area contributed by atoms with Crippen LogP contribution in [0, 0.1) is 0 Å². The SMILES string of the molecule is c1ccc2[nH]c(N=Nc3[nH]c4ccccc4c3-c3ccn[nH]3)cc2c1. The van der Waals surface area contributed by atoms with Crippen LogP contribution in [0.15, 0.2) is 77.1 Å². The molecule has 0 fully saturated rings. The lowest BCUT2D eigenvalue weighted by Crippen LogP contribution is -1.76. The van der Waals surface area contributed by atoms with Crippen LogP contribution < -0.4 is 0 Å². The first kappa shape index (κ1) is 13.7. The van der Waals surface area contributed by atoms with Gasteiger partial charge in [-0.1, -0.05) is 36.4 Å². The van der Waals surface area contributed by atoms with Gasteiger partial charge in [-0.3, -0.25) is 5.10 Å². The molecule has 0 saturated heterocycles. The van der Waals surface area contributed by atoms with E-state index in [0.29, 0.717) is 5.82 Å². The number of azo groups is 1. The van der Waals surface area contributed by atoms with E-state index in [-0.39, 0.29) is 0 Å². The minimum atomic E-state index is 0.698. The Morgan fingerprint density at radius 3 is 2.48 bits per heavy atom. The second-order valence-corrected chi connectivity index (χ2v) is 5.81. The molecule has 3 aromatic heterocycles. The molecule has 3 N–H and O–H groups in total. The van der Waals surface area contributed by atoms with E-state index in [1.165, 1.54) is 0 Å². The Morgan fingerprint density at radius 1 is 0.800 bits per heavy atom. The van der Waals surface area contributed by atoms with Gasteiger partial charge in [-0.25, -0.2) is 0 Å². The highest BCUT2D eigenvalue weighted by Crippen LogP contribution is 2.37. The maximum atomic E-state index is 4.46. The van der Waals surface area contributed by atoms with Crippen molar-refractivity contribution in [2.45, 2.75) is 0 Å². The number of hydrogen-bond donors (Lipinski definition) is 3. The zero-order valence-corrected chi connectivity index (χ0v) is 13.2. The molecular weight excluding hydrogens is 312 g/mol. The van der Waals surface area contributed by atoms with Crippen molar-refractivity contribution in [3.05, 3.63) is 66.9 Å². The topological polar surface area (TPSA) is 85.0 Å². The molecule has 6 nitrogen and oxygen atoms in total. The lowest BCUT2D eigenvalue weighted by atomic mass is 10.1. The van der Waals surface area contributed by atoms with Crippen LogP contribution >= 0.6 is 0 Å². The average molecular weight is 326 g/mol. The molecule has 5 rings (SSSR count). The van der Waals surface area contributed by atoms with Gasteiger partial charge in [-0.15, -0.1) is 10.2 Å². The summed E-state index contributed by atoms with van der Waals surface area (Å²) in [4.78, 5) is 6.59. The predicted octanol–water partition coefficient (Wildman–Crippen LogP) is 5.45. The smallest absolute Gasteiger partial charge is 0.163 e. The van der Waals surface area contributed by atoms with Gasteiger partial charge >= 0.3 is 0 Å². The van der Waals surface area contributed by atoms with Crippen LogP contribution in [0.25, 0.3) is 33.1 Å². The Kier molecular flexibility index (Phi) is 3.00. The normalized spacial score (nSPS) is 11.8. The zero-order valence-electron chi connectivity index (χ0n) is 13.2.